The smallest absolute Gasteiger partial charge is 0.302 e. The number of carbonyl (C=O) groups is 1. The van der Waals surface area contributed by atoms with E-state index in [0.717, 1.165) is 81.6 Å². The lowest BCUT2D eigenvalue weighted by molar-refractivity contribution is -0.141. The Labute approximate surface area is 319 Å². The summed E-state index contributed by atoms with van der Waals surface area (Å²) in [6.07, 6.45) is 11.5. The average molecular weight is 744 g/mol. The number of aliphatic hydroxyl groups is 1. The van der Waals surface area contributed by atoms with Crippen LogP contribution in [-0.2, 0) is 27.8 Å². The van der Waals surface area contributed by atoms with Gasteiger partial charge in [0.05, 0.1) is 23.8 Å². The lowest BCUT2D eigenvalue weighted by Crippen LogP contribution is -2.37. The highest BCUT2D eigenvalue weighted by atomic mass is 16.6. The van der Waals surface area contributed by atoms with Gasteiger partial charge >= 0.3 is 5.97 Å². The molecule has 0 saturated heterocycles. The van der Waals surface area contributed by atoms with E-state index in [1.165, 1.54) is 6.92 Å². The summed E-state index contributed by atoms with van der Waals surface area (Å²) in [6, 6.07) is 9.14. The lowest BCUT2D eigenvalue weighted by atomic mass is 9.65. The number of hydrogen-bond acceptors (Lipinski definition) is 11. The third-order valence-corrected chi connectivity index (χ3v) is 12.2. The molecule has 3 aromatic rings. The van der Waals surface area contributed by atoms with Gasteiger partial charge in [-0.2, -0.15) is 0 Å². The van der Waals surface area contributed by atoms with Crippen LogP contribution in [0.3, 0.4) is 0 Å². The van der Waals surface area contributed by atoms with Gasteiger partial charge in [0.1, 0.15) is 36.6 Å². The van der Waals surface area contributed by atoms with Gasteiger partial charge in [-0.15, -0.1) is 0 Å². The van der Waals surface area contributed by atoms with Crippen molar-refractivity contribution in [3.63, 3.8) is 0 Å². The van der Waals surface area contributed by atoms with Gasteiger partial charge in [-0.1, -0.05) is 36.3 Å². The van der Waals surface area contributed by atoms with Crippen LogP contribution in [0.4, 0.5) is 0 Å². The summed E-state index contributed by atoms with van der Waals surface area (Å²) in [4.78, 5) is 12.4. The molecule has 9 rings (SSSR count). The molecule has 6 aliphatic rings. The van der Waals surface area contributed by atoms with E-state index >= 15 is 0 Å². The number of aromatic hydroxyl groups is 2. The molecule has 0 amide bonds. The Balaban J connectivity index is 1.32. The first-order chi connectivity index (χ1) is 26.7. The molecule has 11 nitrogen and oxygen atoms in total. The molecule has 4 bridgehead atoms. The van der Waals surface area contributed by atoms with Crippen molar-refractivity contribution in [2.45, 2.75) is 75.1 Å². The third kappa shape index (κ3) is 6.00. The number of dihydropyridines is 1. The maximum Gasteiger partial charge on any atom is 0.302 e. The fraction of sp³-hybridized carbons (Fsp3) is 0.386. The first kappa shape index (κ1) is 35.3. The van der Waals surface area contributed by atoms with E-state index in [2.05, 4.69) is 40.7 Å². The van der Waals surface area contributed by atoms with Crippen molar-refractivity contribution in [2.24, 2.45) is 11.7 Å². The van der Waals surface area contributed by atoms with Gasteiger partial charge in [0.2, 0.25) is 0 Å². The number of aliphatic hydroxyl groups excluding tert-OH is 1. The van der Waals surface area contributed by atoms with Crippen molar-refractivity contribution in [1.82, 2.24) is 10.6 Å². The maximum absolute atomic E-state index is 12.4. The Bertz CT molecular complexity index is 2270. The summed E-state index contributed by atoms with van der Waals surface area (Å²) in [5, 5.41) is 38.9. The number of nitrogens with one attached hydrogen (secondary N) is 2. The molecule has 2 aliphatic carbocycles. The van der Waals surface area contributed by atoms with E-state index in [-0.39, 0.29) is 42.1 Å². The number of esters is 1. The Morgan fingerprint density at radius 1 is 1.15 bits per heavy atom. The van der Waals surface area contributed by atoms with E-state index < -0.39 is 24.8 Å². The second-order valence-corrected chi connectivity index (χ2v) is 15.6. The zero-order chi connectivity index (χ0) is 38.0. The zero-order valence-electron chi connectivity index (χ0n) is 30.9. The summed E-state index contributed by atoms with van der Waals surface area (Å²) in [6.45, 7) is 1.25. The molecule has 11 heteroatoms. The molecule has 1 spiro atoms. The number of benzene rings is 3. The van der Waals surface area contributed by atoms with Gasteiger partial charge in [0.15, 0.2) is 18.3 Å². The minimum atomic E-state index is -0.640. The number of hydrogen-bond donors (Lipinski definition) is 6. The normalized spacial score (nSPS) is 26.6. The summed E-state index contributed by atoms with van der Waals surface area (Å²) >= 11 is 0. The Morgan fingerprint density at radius 2 is 2.02 bits per heavy atom. The number of likely N-dealkylation sites (N-methyl/N-ethyl adjacent to an activating group) is 1. The quantitative estimate of drug-likeness (QED) is 0.117. The number of fused-ring (bicyclic) bond motifs is 8. The van der Waals surface area contributed by atoms with Crippen LogP contribution in [-0.4, -0.2) is 60.6 Å². The Kier molecular flexibility index (Phi) is 8.80. The predicted octanol–water partition coefficient (Wildman–Crippen LogP) is 5.11. The first-order valence-electron chi connectivity index (χ1n) is 19.0. The number of rotatable bonds is 5. The maximum atomic E-state index is 12.4. The van der Waals surface area contributed by atoms with Crippen molar-refractivity contribution < 1.29 is 39.1 Å². The summed E-state index contributed by atoms with van der Waals surface area (Å²) < 4.78 is 25.2. The van der Waals surface area contributed by atoms with E-state index in [0.29, 0.717) is 36.0 Å². The van der Waals surface area contributed by atoms with Crippen molar-refractivity contribution >= 4 is 12.0 Å². The van der Waals surface area contributed by atoms with Crippen molar-refractivity contribution in [2.75, 3.05) is 27.1 Å². The summed E-state index contributed by atoms with van der Waals surface area (Å²) in [5.41, 5.74) is 14.8. The highest BCUT2D eigenvalue weighted by Crippen LogP contribution is 2.63. The van der Waals surface area contributed by atoms with Crippen LogP contribution in [0.5, 0.6) is 28.7 Å². The number of phenolic OH excluding ortho intramolecular Hbond substituents is 2. The van der Waals surface area contributed by atoms with Crippen LogP contribution < -0.4 is 30.6 Å². The van der Waals surface area contributed by atoms with E-state index in [1.54, 1.807) is 12.1 Å². The topological polar surface area (TPSA) is 165 Å². The largest absolute Gasteiger partial charge is 0.508 e. The summed E-state index contributed by atoms with van der Waals surface area (Å²) in [5.74, 6) is 7.91. The van der Waals surface area contributed by atoms with Crippen LogP contribution in [0.25, 0.3) is 17.2 Å². The van der Waals surface area contributed by atoms with Gasteiger partial charge in [-0.05, 0) is 91.5 Å². The Morgan fingerprint density at radius 3 is 2.84 bits per heavy atom. The van der Waals surface area contributed by atoms with Gasteiger partial charge in [0.25, 0.3) is 0 Å². The van der Waals surface area contributed by atoms with Crippen LogP contribution in [0.1, 0.15) is 78.0 Å². The predicted molar refractivity (Wildman–Crippen MR) is 206 cm³/mol. The highest BCUT2D eigenvalue weighted by molar-refractivity contribution is 5.84. The van der Waals surface area contributed by atoms with Gasteiger partial charge in [-0.25, -0.2) is 0 Å². The fourth-order valence-electron chi connectivity index (χ4n) is 9.90. The molecule has 55 heavy (non-hydrogen) atoms. The molecular weight excluding hydrogens is 698 g/mol. The molecule has 0 radical (unpaired) electrons. The lowest BCUT2D eigenvalue weighted by Gasteiger charge is -2.39. The molecule has 4 aliphatic heterocycles. The molecule has 284 valence electrons. The molecular formula is C44H45N3O8. The van der Waals surface area contributed by atoms with Gasteiger partial charge in [-0.3, -0.25) is 4.79 Å². The molecule has 3 aromatic carbocycles. The third-order valence-electron chi connectivity index (χ3n) is 12.2. The fourth-order valence-corrected chi connectivity index (χ4v) is 9.90. The second kappa shape index (κ2) is 13.7. The minimum absolute atomic E-state index is 0.00693. The number of ether oxygens (including phenoxy) is 4. The zero-order valence-corrected chi connectivity index (χ0v) is 30.9. The number of allylic oxidation sites excluding steroid dienone is 3. The molecule has 7 N–H and O–H groups in total. The molecule has 1 saturated carbocycles. The van der Waals surface area contributed by atoms with E-state index in [9.17, 15) is 20.1 Å². The monoisotopic (exact) mass is 743 g/mol. The molecule has 6 atom stereocenters. The van der Waals surface area contributed by atoms with E-state index in [4.69, 9.17) is 24.7 Å². The molecule has 0 aromatic heterocycles. The molecule has 1 fully saturated rings. The van der Waals surface area contributed by atoms with Crippen LogP contribution >= 0.6 is 0 Å². The average Bonchev–Trinajstić information content (AvgIpc) is 3.63. The van der Waals surface area contributed by atoms with Gasteiger partial charge in [0, 0.05) is 52.6 Å². The van der Waals surface area contributed by atoms with Crippen molar-refractivity contribution in [3.05, 3.63) is 93.2 Å². The standard InChI is InChI=1S/C44H45N3O8/c1-23(49)52-21-33-30-9-10-31-38-27(15-29(50)17-36(38)54-22-48)19-44-13-12-24(18-44)14-25-6-11-37(45)47-34(25)5-3-4-26-16-35(51)41-32(8-7-28(46-2)20-53-41)39(26)42(33)55-43(30)40(31)44/h6-11,15-17,24,28,33,37,42,46-48,50-51H,4,12-14,18-22,45H2,1-2H3. The molecule has 6 unspecified atom stereocenters. The number of carbonyl (C=O) groups excluding carboxylic acids is 1. The van der Waals surface area contributed by atoms with Crippen molar-refractivity contribution in [1.29, 1.82) is 0 Å². The van der Waals surface area contributed by atoms with Crippen LogP contribution in [0, 0.1) is 17.8 Å². The van der Waals surface area contributed by atoms with Gasteiger partial charge < -0.3 is 50.6 Å². The van der Waals surface area contributed by atoms with Crippen LogP contribution in [0.15, 0.2) is 59.8 Å². The minimum Gasteiger partial charge on any atom is -0.508 e. The van der Waals surface area contributed by atoms with Crippen molar-refractivity contribution in [3.8, 4) is 51.7 Å². The molecule has 4 heterocycles. The number of phenols is 2. The first-order valence-corrected chi connectivity index (χ1v) is 19.0. The van der Waals surface area contributed by atoms with E-state index in [1.807, 2.05) is 31.3 Å². The summed E-state index contributed by atoms with van der Waals surface area (Å²) in [7, 11) is 1.86. The second-order valence-electron chi connectivity index (χ2n) is 15.6. The Hall–Kier alpha value is -5.41. The van der Waals surface area contributed by atoms with Crippen LogP contribution in [0.2, 0.25) is 0 Å². The highest BCUT2D eigenvalue weighted by Gasteiger charge is 2.51. The number of nitrogens with two attached hydrogens (primary N) is 1. The SMILES string of the molecule is CNC1C=Cc2c(c(O)cc3c2C2Oc4c(ccc5c4C4(CCC(CC6=C(C#CC3)NC(N)C=C6)C4)Cc3cc(O)cc(OCO)c3-5)C2COC(C)=O)OC1.